The molecule has 1 aromatic carbocycles. The topological polar surface area (TPSA) is 116 Å². The van der Waals surface area contributed by atoms with Crippen molar-refractivity contribution in [3.05, 3.63) is 46.3 Å². The quantitative estimate of drug-likeness (QED) is 0.346. The van der Waals surface area contributed by atoms with E-state index in [0.29, 0.717) is 6.42 Å². The lowest BCUT2D eigenvalue weighted by Crippen LogP contribution is -2.44. The highest BCUT2D eigenvalue weighted by atomic mass is 31.1. The standard InChI is InChI=1S/C15H16N5O4P/c16-17-18-25-19-8-11(7-13(19)21)14(22)20-12(9-24-15(20)23)6-10-4-2-1-3-5-10/h1-5,11-12,25H,6-9H2/t11-,12+/m0/s1. The van der Waals surface area contributed by atoms with Crippen LogP contribution >= 0.6 is 8.88 Å². The summed E-state index contributed by atoms with van der Waals surface area (Å²) in [4.78, 5) is 43.9. The van der Waals surface area contributed by atoms with Gasteiger partial charge in [-0.05, 0) is 17.5 Å². The van der Waals surface area contributed by atoms with Gasteiger partial charge < -0.3 is 9.41 Å². The first-order valence-corrected chi connectivity index (χ1v) is 8.63. The molecule has 0 bridgehead atoms. The molecule has 0 spiro atoms. The predicted molar refractivity (Wildman–Crippen MR) is 89.4 cm³/mol. The number of azide groups is 1. The normalized spacial score (nSPS) is 23.2. The summed E-state index contributed by atoms with van der Waals surface area (Å²) in [7, 11) is -0.374. The van der Waals surface area contributed by atoms with Crippen molar-refractivity contribution in [2.24, 2.45) is 10.8 Å². The number of amides is 3. The van der Waals surface area contributed by atoms with Gasteiger partial charge in [-0.15, -0.1) is 0 Å². The van der Waals surface area contributed by atoms with Crippen molar-refractivity contribution in [2.45, 2.75) is 18.9 Å². The average Bonchev–Trinajstić information content (AvgIpc) is 3.16. The number of imide groups is 1. The van der Waals surface area contributed by atoms with Gasteiger partial charge in [-0.1, -0.05) is 35.2 Å². The van der Waals surface area contributed by atoms with Crippen molar-refractivity contribution in [1.29, 1.82) is 0 Å². The molecule has 2 aliphatic rings. The van der Waals surface area contributed by atoms with Crippen LogP contribution in [0, 0.1) is 5.92 Å². The number of benzene rings is 1. The van der Waals surface area contributed by atoms with Crippen LogP contribution in [0.25, 0.3) is 10.4 Å². The molecule has 0 aromatic heterocycles. The van der Waals surface area contributed by atoms with Gasteiger partial charge >= 0.3 is 6.09 Å². The zero-order chi connectivity index (χ0) is 17.8. The summed E-state index contributed by atoms with van der Waals surface area (Å²) in [5, 5.41) is 0. The maximum absolute atomic E-state index is 12.8. The van der Waals surface area contributed by atoms with Crippen molar-refractivity contribution in [2.75, 3.05) is 13.2 Å². The number of hydrogen-bond acceptors (Lipinski definition) is 5. The molecule has 25 heavy (non-hydrogen) atoms. The highest BCUT2D eigenvalue weighted by Gasteiger charge is 2.44. The van der Waals surface area contributed by atoms with Gasteiger partial charge in [0.05, 0.1) is 20.8 Å². The van der Waals surface area contributed by atoms with Gasteiger partial charge in [-0.2, -0.15) is 0 Å². The van der Waals surface area contributed by atoms with Gasteiger partial charge in [0.2, 0.25) is 11.8 Å². The summed E-state index contributed by atoms with van der Waals surface area (Å²) < 4.78 is 6.40. The number of nitrogens with zero attached hydrogens (tertiary/aromatic N) is 5. The fourth-order valence-corrected chi connectivity index (χ4v) is 3.66. The van der Waals surface area contributed by atoms with E-state index in [1.807, 2.05) is 30.3 Å². The summed E-state index contributed by atoms with van der Waals surface area (Å²) in [6, 6.07) is 9.14. The molecule has 1 aromatic rings. The van der Waals surface area contributed by atoms with E-state index in [0.717, 1.165) is 10.5 Å². The maximum atomic E-state index is 12.8. The first-order valence-electron chi connectivity index (χ1n) is 7.74. The van der Waals surface area contributed by atoms with Crippen LogP contribution in [0.15, 0.2) is 35.2 Å². The molecule has 1 unspecified atom stereocenters. The number of cyclic esters (lactones) is 1. The number of hydrogen-bond donors (Lipinski definition) is 0. The molecule has 10 heteroatoms. The van der Waals surface area contributed by atoms with Crippen LogP contribution in [0.3, 0.4) is 0 Å². The third kappa shape index (κ3) is 3.73. The summed E-state index contributed by atoms with van der Waals surface area (Å²) in [5.74, 6) is -1.29. The van der Waals surface area contributed by atoms with Gasteiger partial charge in [0.25, 0.3) is 0 Å². The van der Waals surface area contributed by atoms with Gasteiger partial charge in [0, 0.05) is 17.9 Å². The molecule has 9 nitrogen and oxygen atoms in total. The molecule has 2 saturated heterocycles. The first kappa shape index (κ1) is 17.2. The minimum absolute atomic E-state index is 0.00855. The van der Waals surface area contributed by atoms with Crippen molar-refractivity contribution >= 4 is 26.8 Å². The van der Waals surface area contributed by atoms with Crippen molar-refractivity contribution < 1.29 is 19.1 Å². The molecule has 2 fully saturated rings. The number of carbonyl (C=O) groups excluding carboxylic acids is 3. The number of rotatable bonds is 5. The second-order valence-electron chi connectivity index (χ2n) is 5.82. The second kappa shape index (κ2) is 7.51. The zero-order valence-corrected chi connectivity index (χ0v) is 14.2. The van der Waals surface area contributed by atoms with Crippen molar-refractivity contribution in [1.82, 2.24) is 9.57 Å². The fraction of sp³-hybridized carbons (Fsp3) is 0.400. The van der Waals surface area contributed by atoms with E-state index in [1.165, 1.54) is 4.67 Å². The molecule has 0 N–H and O–H groups in total. The van der Waals surface area contributed by atoms with Gasteiger partial charge in [0.1, 0.15) is 6.61 Å². The highest BCUT2D eigenvalue weighted by molar-refractivity contribution is 7.34. The molecular weight excluding hydrogens is 345 g/mol. The second-order valence-corrected chi connectivity index (χ2v) is 6.76. The highest BCUT2D eigenvalue weighted by Crippen LogP contribution is 2.32. The van der Waals surface area contributed by atoms with E-state index < -0.39 is 17.9 Å². The minimum atomic E-state index is -0.672. The lowest BCUT2D eigenvalue weighted by atomic mass is 10.0. The van der Waals surface area contributed by atoms with Gasteiger partial charge in [-0.3, -0.25) is 9.59 Å². The van der Waals surface area contributed by atoms with E-state index in [1.54, 1.807) is 0 Å². The van der Waals surface area contributed by atoms with Crippen LogP contribution < -0.4 is 0 Å². The Morgan fingerprint density at radius 2 is 2.12 bits per heavy atom. The Balaban J connectivity index is 1.70. The van der Waals surface area contributed by atoms with Crippen LogP contribution in [0.4, 0.5) is 4.79 Å². The van der Waals surface area contributed by atoms with E-state index >= 15 is 0 Å². The molecule has 2 aliphatic heterocycles. The molecule has 2 heterocycles. The predicted octanol–water partition coefficient (Wildman–Crippen LogP) is 2.24. The van der Waals surface area contributed by atoms with Crippen LogP contribution in [0.5, 0.6) is 0 Å². The Morgan fingerprint density at radius 3 is 2.84 bits per heavy atom. The van der Waals surface area contributed by atoms with E-state index in [9.17, 15) is 14.4 Å². The number of carbonyl (C=O) groups is 3. The van der Waals surface area contributed by atoms with Crippen LogP contribution in [-0.4, -0.2) is 46.7 Å². The molecular formula is C15H16N5O4P. The Hall–Kier alpha value is -2.63. The molecule has 0 aliphatic carbocycles. The monoisotopic (exact) mass is 361 g/mol. The smallest absolute Gasteiger partial charge is 0.416 e. The molecule has 3 atom stereocenters. The minimum Gasteiger partial charge on any atom is -0.447 e. The lowest BCUT2D eigenvalue weighted by molar-refractivity contribution is -0.133. The summed E-state index contributed by atoms with van der Waals surface area (Å²) in [6.07, 6.45) is -0.160. The van der Waals surface area contributed by atoms with E-state index in [4.69, 9.17) is 10.3 Å². The third-order valence-corrected chi connectivity index (χ3v) is 5.05. The molecule has 3 rings (SSSR count). The zero-order valence-electron chi connectivity index (χ0n) is 13.2. The van der Waals surface area contributed by atoms with Crippen LogP contribution in [-0.2, 0) is 20.7 Å². The van der Waals surface area contributed by atoms with E-state index in [2.05, 4.69) is 9.80 Å². The molecule has 3 amide bonds. The molecule has 0 saturated carbocycles. The molecule has 130 valence electrons. The van der Waals surface area contributed by atoms with Crippen molar-refractivity contribution in [3.63, 3.8) is 0 Å². The Morgan fingerprint density at radius 1 is 1.36 bits per heavy atom. The van der Waals surface area contributed by atoms with Crippen LogP contribution in [0.1, 0.15) is 12.0 Å². The Labute approximate surface area is 145 Å². The third-order valence-electron chi connectivity index (χ3n) is 4.20. The summed E-state index contributed by atoms with van der Waals surface area (Å²) >= 11 is 0. The van der Waals surface area contributed by atoms with E-state index in [-0.39, 0.29) is 40.4 Å². The largest absolute Gasteiger partial charge is 0.447 e. The average molecular weight is 361 g/mol. The molecule has 0 radical (unpaired) electrons. The number of ether oxygens (including phenoxy) is 1. The van der Waals surface area contributed by atoms with Gasteiger partial charge in [-0.25, -0.2) is 9.69 Å². The lowest BCUT2D eigenvalue weighted by Gasteiger charge is -2.22. The maximum Gasteiger partial charge on any atom is 0.416 e. The summed E-state index contributed by atoms with van der Waals surface area (Å²) in [5.41, 5.74) is 9.36. The SMILES string of the molecule is [N-]=[N+]=NPN1C[C@@H](C(=O)N2C(=O)OC[C@H]2Cc2ccccc2)CC1=O. The fourth-order valence-electron chi connectivity index (χ4n) is 3.01. The first-order chi connectivity index (χ1) is 12.1. The summed E-state index contributed by atoms with van der Waals surface area (Å²) in [6.45, 7) is 0.293. The van der Waals surface area contributed by atoms with Crippen LogP contribution in [0.2, 0.25) is 0 Å². The van der Waals surface area contributed by atoms with Gasteiger partial charge in [0.15, 0.2) is 0 Å². The Kier molecular flexibility index (Phi) is 5.16. The Bertz CT molecular complexity index is 737. The van der Waals surface area contributed by atoms with Crippen molar-refractivity contribution in [3.8, 4) is 0 Å².